The number of carbonyl (C=O) groups excluding carboxylic acids is 2. The number of ether oxygens (including phenoxy) is 1. The van der Waals surface area contributed by atoms with E-state index in [4.69, 9.17) is 14.4 Å². The molecule has 1 N–H and O–H groups in total. The minimum absolute atomic E-state index is 0.00672. The van der Waals surface area contributed by atoms with Crippen molar-refractivity contribution >= 4 is 11.8 Å². The maximum atomic E-state index is 12.9. The minimum atomic E-state index is -0.186. The van der Waals surface area contributed by atoms with E-state index in [1.165, 1.54) is 0 Å². The summed E-state index contributed by atoms with van der Waals surface area (Å²) in [5.41, 5.74) is 0.436. The molecule has 2 heterocycles. The van der Waals surface area contributed by atoms with Crippen LogP contribution in [0.25, 0.3) is 0 Å². The van der Waals surface area contributed by atoms with Crippen LogP contribution < -0.4 is 10.1 Å². The highest BCUT2D eigenvalue weighted by Gasteiger charge is 2.30. The molecule has 8 nitrogen and oxygen atoms in total. The van der Waals surface area contributed by atoms with Crippen LogP contribution in [0.15, 0.2) is 40.8 Å². The average molecular weight is 467 g/mol. The van der Waals surface area contributed by atoms with Crippen LogP contribution in [0.5, 0.6) is 5.75 Å². The van der Waals surface area contributed by atoms with Gasteiger partial charge >= 0.3 is 0 Å². The number of hydrogen-bond donors (Lipinski definition) is 1. The summed E-state index contributed by atoms with van der Waals surface area (Å²) >= 11 is 0. The first-order valence-corrected chi connectivity index (χ1v) is 11.6. The number of likely N-dealkylation sites (tertiary alicyclic amines) is 1. The smallest absolute Gasteiger partial charge is 0.289 e. The summed E-state index contributed by atoms with van der Waals surface area (Å²) in [6, 6.07) is 12.4. The van der Waals surface area contributed by atoms with Gasteiger partial charge in [0.25, 0.3) is 5.91 Å². The van der Waals surface area contributed by atoms with E-state index in [9.17, 15) is 9.59 Å². The molecular formula is C26H34N4O4. The Labute approximate surface area is 201 Å². The fourth-order valence-electron chi connectivity index (χ4n) is 4.29. The lowest BCUT2D eigenvalue weighted by Crippen LogP contribution is -2.46. The van der Waals surface area contributed by atoms with Crippen molar-refractivity contribution in [1.29, 1.82) is 5.26 Å². The molecule has 0 aliphatic carbocycles. The maximum Gasteiger partial charge on any atom is 0.289 e. The zero-order valence-corrected chi connectivity index (χ0v) is 20.5. The molecule has 2 aromatic rings. The third-order valence-corrected chi connectivity index (χ3v) is 5.89. The van der Waals surface area contributed by atoms with Gasteiger partial charge in [0.1, 0.15) is 24.2 Å². The summed E-state index contributed by atoms with van der Waals surface area (Å²) in [5, 5.41) is 12.2. The predicted octanol–water partition coefficient (Wildman–Crippen LogP) is 3.29. The second-order valence-electron chi connectivity index (χ2n) is 9.85. The molecule has 8 heteroatoms. The molecule has 0 atom stereocenters. The fraction of sp³-hybridized carbons (Fsp3) is 0.500. The molecular weight excluding hydrogens is 432 g/mol. The molecule has 1 saturated heterocycles. The van der Waals surface area contributed by atoms with E-state index in [2.05, 4.69) is 30.1 Å². The van der Waals surface area contributed by atoms with E-state index in [1.807, 2.05) is 14.1 Å². The topological polar surface area (TPSA) is 98.8 Å². The van der Waals surface area contributed by atoms with Crippen LogP contribution >= 0.6 is 0 Å². The van der Waals surface area contributed by atoms with Gasteiger partial charge in [-0.3, -0.25) is 9.59 Å². The van der Waals surface area contributed by atoms with E-state index in [-0.39, 0.29) is 35.5 Å². The van der Waals surface area contributed by atoms with Crippen molar-refractivity contribution in [2.45, 2.75) is 33.3 Å². The molecule has 182 valence electrons. The van der Waals surface area contributed by atoms with E-state index in [0.717, 1.165) is 6.54 Å². The molecule has 34 heavy (non-hydrogen) atoms. The van der Waals surface area contributed by atoms with Gasteiger partial charge in [0, 0.05) is 32.1 Å². The van der Waals surface area contributed by atoms with Gasteiger partial charge in [0.2, 0.25) is 5.91 Å². The first-order chi connectivity index (χ1) is 16.2. The summed E-state index contributed by atoms with van der Waals surface area (Å²) in [6.45, 7) is 6.94. The molecule has 1 aromatic carbocycles. The number of furan rings is 1. The van der Waals surface area contributed by atoms with Gasteiger partial charge in [0.15, 0.2) is 5.76 Å². The summed E-state index contributed by atoms with van der Waals surface area (Å²) in [5.74, 6) is 1.02. The number of para-hydroxylation sites is 1. The minimum Gasteiger partial charge on any atom is -0.484 e. The Hall–Kier alpha value is -3.31. The van der Waals surface area contributed by atoms with Crippen molar-refractivity contribution in [3.05, 3.63) is 53.5 Å². The predicted molar refractivity (Wildman–Crippen MR) is 128 cm³/mol. The van der Waals surface area contributed by atoms with Crippen molar-refractivity contribution in [3.63, 3.8) is 0 Å². The molecule has 0 unspecified atom stereocenters. The van der Waals surface area contributed by atoms with Crippen LogP contribution in [0.4, 0.5) is 0 Å². The number of rotatable bonds is 9. The van der Waals surface area contributed by atoms with Crippen LogP contribution in [0.1, 0.15) is 48.6 Å². The largest absolute Gasteiger partial charge is 0.484 e. The molecule has 2 amide bonds. The number of carbonyl (C=O) groups is 2. The zero-order valence-electron chi connectivity index (χ0n) is 20.5. The maximum absolute atomic E-state index is 12.9. The van der Waals surface area contributed by atoms with Crippen LogP contribution in [0, 0.1) is 22.7 Å². The zero-order chi connectivity index (χ0) is 24.7. The lowest BCUT2D eigenvalue weighted by atomic mass is 9.91. The van der Waals surface area contributed by atoms with E-state index >= 15 is 0 Å². The molecule has 1 fully saturated rings. The number of hydrogen-bond acceptors (Lipinski definition) is 6. The van der Waals surface area contributed by atoms with Crippen molar-refractivity contribution < 1.29 is 18.7 Å². The van der Waals surface area contributed by atoms with Crippen LogP contribution in [-0.4, -0.2) is 61.9 Å². The highest BCUT2D eigenvalue weighted by atomic mass is 16.5. The molecule has 1 aliphatic heterocycles. The Morgan fingerprint density at radius 3 is 2.59 bits per heavy atom. The SMILES string of the molecule is CN(C)CC(C)(C)CNC(=O)C1CCN(C(=O)c2ccc(COc3ccccc3C#N)o2)CC1. The summed E-state index contributed by atoms with van der Waals surface area (Å²) in [4.78, 5) is 29.4. The van der Waals surface area contributed by atoms with Gasteiger partial charge in [-0.15, -0.1) is 0 Å². The van der Waals surface area contributed by atoms with Crippen molar-refractivity contribution in [2.75, 3.05) is 40.3 Å². The lowest BCUT2D eigenvalue weighted by Gasteiger charge is -2.32. The number of nitrogens with one attached hydrogen (secondary N) is 1. The molecule has 0 saturated carbocycles. The lowest BCUT2D eigenvalue weighted by molar-refractivity contribution is -0.126. The monoisotopic (exact) mass is 466 g/mol. The van der Waals surface area contributed by atoms with Crippen molar-refractivity contribution in [3.8, 4) is 11.8 Å². The number of amides is 2. The highest BCUT2D eigenvalue weighted by molar-refractivity contribution is 5.91. The Bertz CT molecular complexity index is 1030. The molecule has 1 aromatic heterocycles. The van der Waals surface area contributed by atoms with Crippen molar-refractivity contribution in [1.82, 2.24) is 15.1 Å². The third kappa shape index (κ3) is 6.84. The van der Waals surface area contributed by atoms with Crippen LogP contribution in [0.3, 0.4) is 0 Å². The van der Waals surface area contributed by atoms with Gasteiger partial charge in [-0.25, -0.2) is 0 Å². The number of nitrogens with zero attached hydrogens (tertiary/aromatic N) is 3. The number of piperidine rings is 1. The standard InChI is InChI=1S/C26H34N4O4/c1-26(2,18-29(3)4)17-28-24(31)19-11-13-30(14-12-19)25(32)23-10-9-21(34-23)16-33-22-8-6-5-7-20(22)15-27/h5-10,19H,11-14,16-18H2,1-4H3,(H,28,31). The Kier molecular flexibility index (Phi) is 8.35. The Morgan fingerprint density at radius 1 is 1.21 bits per heavy atom. The first-order valence-electron chi connectivity index (χ1n) is 11.6. The Morgan fingerprint density at radius 2 is 1.91 bits per heavy atom. The number of benzene rings is 1. The number of nitriles is 1. The normalized spacial score (nSPS) is 14.6. The quantitative estimate of drug-likeness (QED) is 0.609. The van der Waals surface area contributed by atoms with Crippen LogP contribution in [0.2, 0.25) is 0 Å². The fourth-order valence-corrected chi connectivity index (χ4v) is 4.29. The Balaban J connectivity index is 1.47. The third-order valence-electron chi connectivity index (χ3n) is 5.89. The molecule has 0 spiro atoms. The van der Waals surface area contributed by atoms with Crippen molar-refractivity contribution in [2.24, 2.45) is 11.3 Å². The second-order valence-corrected chi connectivity index (χ2v) is 9.85. The molecule has 0 bridgehead atoms. The first kappa shape index (κ1) is 25.3. The molecule has 3 rings (SSSR count). The van der Waals surface area contributed by atoms with E-state index < -0.39 is 0 Å². The van der Waals surface area contributed by atoms with Crippen LogP contribution in [-0.2, 0) is 11.4 Å². The second kappa shape index (κ2) is 11.2. The highest BCUT2D eigenvalue weighted by Crippen LogP contribution is 2.23. The van der Waals surface area contributed by atoms with E-state index in [0.29, 0.717) is 49.5 Å². The molecule has 1 aliphatic rings. The molecule has 0 radical (unpaired) electrons. The van der Waals surface area contributed by atoms with Gasteiger partial charge in [-0.1, -0.05) is 26.0 Å². The summed E-state index contributed by atoms with van der Waals surface area (Å²) in [6.07, 6.45) is 1.26. The van der Waals surface area contributed by atoms with Gasteiger partial charge < -0.3 is 24.3 Å². The average Bonchev–Trinajstić information content (AvgIpc) is 3.29. The van der Waals surface area contributed by atoms with Gasteiger partial charge in [-0.2, -0.15) is 5.26 Å². The van der Waals surface area contributed by atoms with Gasteiger partial charge in [-0.05, 0) is 56.6 Å². The summed E-state index contributed by atoms with van der Waals surface area (Å²) < 4.78 is 11.4. The summed E-state index contributed by atoms with van der Waals surface area (Å²) in [7, 11) is 4.05. The van der Waals surface area contributed by atoms with Gasteiger partial charge in [0.05, 0.1) is 5.56 Å². The van der Waals surface area contributed by atoms with E-state index in [1.54, 1.807) is 41.3 Å².